The van der Waals surface area contributed by atoms with Gasteiger partial charge in [-0.05, 0) is 49.8 Å². The van der Waals surface area contributed by atoms with Crippen LogP contribution in [0.4, 0.5) is 5.69 Å². The van der Waals surface area contributed by atoms with Crippen LogP contribution in [0.25, 0.3) is 0 Å². The Morgan fingerprint density at radius 1 is 1.07 bits per heavy atom. The average Bonchev–Trinajstić information content (AvgIpc) is 2.72. The first-order valence-corrected chi connectivity index (χ1v) is 9.51. The maximum absolute atomic E-state index is 12.8. The number of carbonyl (C=O) groups excluding carboxylic acids is 1. The van der Waals surface area contributed by atoms with E-state index in [4.69, 9.17) is 26.4 Å². The number of methoxy groups -OCH3 is 3. The van der Waals surface area contributed by atoms with E-state index in [0.717, 1.165) is 16.8 Å². The molecule has 0 saturated heterocycles. The summed E-state index contributed by atoms with van der Waals surface area (Å²) < 4.78 is 16.1. The van der Waals surface area contributed by atoms with Crippen LogP contribution < -0.4 is 19.7 Å². The van der Waals surface area contributed by atoms with E-state index in [0.29, 0.717) is 27.9 Å². The van der Waals surface area contributed by atoms with Gasteiger partial charge in [-0.25, -0.2) is 4.79 Å². The van der Waals surface area contributed by atoms with Crippen molar-refractivity contribution in [3.8, 4) is 11.5 Å². The molecule has 0 radical (unpaired) electrons. The van der Waals surface area contributed by atoms with Gasteiger partial charge in [0.2, 0.25) is 0 Å². The van der Waals surface area contributed by atoms with Crippen LogP contribution in [0.1, 0.15) is 24.1 Å². The third-order valence-corrected chi connectivity index (χ3v) is 5.19. The monoisotopic (exact) mass is 412 g/mol. The normalized spacial score (nSPS) is 16.4. The van der Waals surface area contributed by atoms with Gasteiger partial charge in [0.15, 0.2) is 16.6 Å². The predicted octanol–water partition coefficient (Wildman–Crippen LogP) is 3.90. The van der Waals surface area contributed by atoms with Gasteiger partial charge >= 0.3 is 5.97 Å². The van der Waals surface area contributed by atoms with Gasteiger partial charge in [-0.2, -0.15) is 0 Å². The van der Waals surface area contributed by atoms with E-state index in [2.05, 4.69) is 5.32 Å². The summed E-state index contributed by atoms with van der Waals surface area (Å²) in [6.07, 6.45) is 0. The number of nitrogens with zero attached hydrogens (tertiary/aromatic N) is 1. The summed E-state index contributed by atoms with van der Waals surface area (Å²) in [4.78, 5) is 14.6. The molecule has 0 bridgehead atoms. The minimum absolute atomic E-state index is 0.440. The van der Waals surface area contributed by atoms with Crippen molar-refractivity contribution in [1.82, 2.24) is 5.32 Å². The van der Waals surface area contributed by atoms with Crippen molar-refractivity contribution in [3.63, 3.8) is 0 Å². The van der Waals surface area contributed by atoms with Crippen molar-refractivity contribution < 1.29 is 19.0 Å². The van der Waals surface area contributed by atoms with Gasteiger partial charge in [-0.15, -0.1) is 0 Å². The van der Waals surface area contributed by atoms with Gasteiger partial charge in [-0.1, -0.05) is 24.3 Å². The smallest absolute Gasteiger partial charge is 0.337 e. The lowest BCUT2D eigenvalue weighted by Crippen LogP contribution is -2.48. The molecule has 1 unspecified atom stereocenters. The van der Waals surface area contributed by atoms with Crippen LogP contribution in [0, 0.1) is 6.92 Å². The zero-order valence-corrected chi connectivity index (χ0v) is 17.9. The van der Waals surface area contributed by atoms with Crippen molar-refractivity contribution in [1.29, 1.82) is 0 Å². The molecule has 1 N–H and O–H groups in total. The Morgan fingerprint density at radius 3 is 2.41 bits per heavy atom. The Labute approximate surface area is 176 Å². The summed E-state index contributed by atoms with van der Waals surface area (Å²) in [5, 5.41) is 3.77. The van der Waals surface area contributed by atoms with Crippen molar-refractivity contribution in [2.45, 2.75) is 19.9 Å². The van der Waals surface area contributed by atoms with Crippen molar-refractivity contribution in [3.05, 3.63) is 64.9 Å². The van der Waals surface area contributed by atoms with E-state index >= 15 is 0 Å². The maximum atomic E-state index is 12.8. The van der Waals surface area contributed by atoms with Gasteiger partial charge < -0.3 is 19.5 Å². The van der Waals surface area contributed by atoms with Crippen molar-refractivity contribution in [2.24, 2.45) is 0 Å². The molecular weight excluding hydrogens is 388 g/mol. The van der Waals surface area contributed by atoms with Crippen LogP contribution >= 0.6 is 12.2 Å². The number of anilines is 1. The summed E-state index contributed by atoms with van der Waals surface area (Å²) in [5.41, 5.74) is 3.85. The molecule has 6 nitrogen and oxygen atoms in total. The number of aryl methyl sites for hydroxylation is 1. The van der Waals surface area contributed by atoms with Crippen LogP contribution in [0.3, 0.4) is 0 Å². The number of allylic oxidation sites excluding steroid dienone is 1. The molecule has 0 amide bonds. The number of benzene rings is 2. The number of hydrogen-bond acceptors (Lipinski definition) is 5. The largest absolute Gasteiger partial charge is 0.493 e. The molecule has 0 aromatic heterocycles. The second-order valence-electron chi connectivity index (χ2n) is 6.63. The number of carbonyl (C=O) groups is 1. The van der Waals surface area contributed by atoms with Gasteiger partial charge in [0, 0.05) is 16.9 Å². The van der Waals surface area contributed by atoms with E-state index in [-0.39, 0.29) is 0 Å². The molecule has 0 fully saturated rings. The number of thiocarbonyl (C=S) groups is 1. The Hall–Kier alpha value is -3.06. The van der Waals surface area contributed by atoms with Gasteiger partial charge in [0.05, 0.1) is 32.9 Å². The lowest BCUT2D eigenvalue weighted by atomic mass is 9.93. The SMILES string of the molecule is COC(=O)C1=C(C)N(c2cccc(C)c2)C(=S)NC1c1cccc(OC)c1OC. The third kappa shape index (κ3) is 3.78. The minimum atomic E-state index is -0.541. The first-order chi connectivity index (χ1) is 13.9. The molecule has 7 heteroatoms. The van der Waals surface area contributed by atoms with E-state index in [9.17, 15) is 4.79 Å². The number of nitrogens with one attached hydrogen (secondary N) is 1. The molecule has 3 rings (SSSR count). The summed E-state index contributed by atoms with van der Waals surface area (Å²) in [6.45, 7) is 3.87. The number of rotatable bonds is 5. The fraction of sp³-hybridized carbons (Fsp3) is 0.273. The van der Waals surface area contributed by atoms with Crippen LogP contribution in [0.5, 0.6) is 11.5 Å². The summed E-state index contributed by atoms with van der Waals surface area (Å²) in [5.74, 6) is 0.666. The number of ether oxygens (including phenoxy) is 3. The van der Waals surface area contributed by atoms with Crippen LogP contribution in [0.15, 0.2) is 53.7 Å². The Balaban J connectivity index is 2.20. The predicted molar refractivity (Wildman–Crippen MR) is 116 cm³/mol. The second-order valence-corrected chi connectivity index (χ2v) is 7.02. The van der Waals surface area contributed by atoms with E-state index < -0.39 is 12.0 Å². The second kappa shape index (κ2) is 8.53. The number of esters is 1. The maximum Gasteiger partial charge on any atom is 0.337 e. The lowest BCUT2D eigenvalue weighted by molar-refractivity contribution is -0.136. The molecule has 0 aliphatic carbocycles. The number of hydrogen-bond donors (Lipinski definition) is 1. The third-order valence-electron chi connectivity index (χ3n) is 4.89. The summed E-state index contributed by atoms with van der Waals surface area (Å²) in [6, 6.07) is 12.9. The minimum Gasteiger partial charge on any atom is -0.493 e. The zero-order chi connectivity index (χ0) is 21.1. The van der Waals surface area contributed by atoms with Gasteiger partial charge in [0.1, 0.15) is 0 Å². The van der Waals surface area contributed by atoms with Crippen LogP contribution in [-0.4, -0.2) is 32.4 Å². The Bertz CT molecular complexity index is 987. The zero-order valence-electron chi connectivity index (χ0n) is 17.1. The fourth-order valence-corrected chi connectivity index (χ4v) is 3.93. The van der Waals surface area contributed by atoms with E-state index in [1.807, 2.05) is 55.1 Å². The van der Waals surface area contributed by atoms with Gasteiger partial charge in [0.25, 0.3) is 0 Å². The van der Waals surface area contributed by atoms with E-state index in [1.165, 1.54) is 7.11 Å². The topological polar surface area (TPSA) is 60.0 Å². The lowest BCUT2D eigenvalue weighted by Gasteiger charge is -2.38. The molecule has 152 valence electrons. The van der Waals surface area contributed by atoms with Gasteiger partial charge in [-0.3, -0.25) is 4.90 Å². The molecule has 1 atom stereocenters. The standard InChI is InChI=1S/C22H24N2O4S/c1-13-8-6-9-15(12-13)24-14(2)18(21(25)28-5)19(23-22(24)29)16-10-7-11-17(26-3)20(16)27-4/h6-12,19H,1-5H3,(H,23,29). The highest BCUT2D eigenvalue weighted by molar-refractivity contribution is 7.80. The first-order valence-electron chi connectivity index (χ1n) is 9.10. The fourth-order valence-electron chi connectivity index (χ4n) is 3.57. The van der Waals surface area contributed by atoms with E-state index in [1.54, 1.807) is 20.3 Å². The quantitative estimate of drug-likeness (QED) is 0.590. The molecule has 1 aliphatic heterocycles. The van der Waals surface area contributed by atoms with Crippen LogP contribution in [-0.2, 0) is 9.53 Å². The highest BCUT2D eigenvalue weighted by atomic mass is 32.1. The van der Waals surface area contributed by atoms with Crippen molar-refractivity contribution >= 4 is 29.0 Å². The van der Waals surface area contributed by atoms with Crippen molar-refractivity contribution in [2.75, 3.05) is 26.2 Å². The molecule has 2 aromatic rings. The molecule has 1 aliphatic rings. The molecule has 0 saturated carbocycles. The average molecular weight is 413 g/mol. The number of para-hydroxylation sites is 1. The van der Waals surface area contributed by atoms with Crippen LogP contribution in [0.2, 0.25) is 0 Å². The molecule has 0 spiro atoms. The highest BCUT2D eigenvalue weighted by Gasteiger charge is 2.37. The summed E-state index contributed by atoms with van der Waals surface area (Å²) >= 11 is 5.68. The molecule has 2 aromatic carbocycles. The first kappa shape index (κ1) is 20.7. The molecular formula is C22H24N2O4S. The Kier molecular flexibility index (Phi) is 6.08. The molecule has 1 heterocycles. The highest BCUT2D eigenvalue weighted by Crippen LogP contribution is 2.41. The summed E-state index contributed by atoms with van der Waals surface area (Å²) in [7, 11) is 4.50. The Morgan fingerprint density at radius 2 is 1.79 bits per heavy atom. The molecule has 29 heavy (non-hydrogen) atoms.